The van der Waals surface area contributed by atoms with E-state index in [9.17, 15) is 13.2 Å². The molecule has 0 heterocycles. The lowest BCUT2D eigenvalue weighted by atomic mass is 10.6. The van der Waals surface area contributed by atoms with Crippen LogP contribution in [-0.2, 0) is 0 Å². The molecule has 0 saturated carbocycles. The predicted molar refractivity (Wildman–Crippen MR) is 24.3 cm³/mol. The average molecular weight is 138 g/mol. The second-order valence-corrected chi connectivity index (χ2v) is 1.48. The summed E-state index contributed by atoms with van der Waals surface area (Å²) >= 11 is 0. The summed E-state index contributed by atoms with van der Waals surface area (Å²) < 4.78 is 34.2. The van der Waals surface area contributed by atoms with Gasteiger partial charge in [-0.05, 0) is 7.05 Å². The van der Waals surface area contributed by atoms with Crippen LogP contribution >= 0.6 is 0 Å². The summed E-state index contributed by atoms with van der Waals surface area (Å²) in [5.74, 6) is 0. The maximum Gasteiger partial charge on any atom is 0.460 e. The SMILES string of the molecule is CN(CC#N)C(F)(F)F. The van der Waals surface area contributed by atoms with Crippen LogP contribution in [-0.4, -0.2) is 24.8 Å². The highest BCUT2D eigenvalue weighted by molar-refractivity contribution is 4.74. The molecule has 0 aromatic rings. The fourth-order valence-electron chi connectivity index (χ4n) is 0.196. The van der Waals surface area contributed by atoms with E-state index in [4.69, 9.17) is 5.26 Å². The average Bonchev–Trinajstić information content (AvgIpc) is 1.64. The monoisotopic (exact) mass is 138 g/mol. The van der Waals surface area contributed by atoms with E-state index in [2.05, 4.69) is 0 Å². The molecule has 0 N–H and O–H groups in total. The second-order valence-electron chi connectivity index (χ2n) is 1.48. The third-order valence-electron chi connectivity index (χ3n) is 0.741. The summed E-state index contributed by atoms with van der Waals surface area (Å²) in [6.07, 6.45) is -4.38. The van der Waals surface area contributed by atoms with Gasteiger partial charge in [-0.2, -0.15) is 18.4 Å². The summed E-state index contributed by atoms with van der Waals surface area (Å²) in [5, 5.41) is 7.81. The van der Waals surface area contributed by atoms with E-state index in [1.54, 1.807) is 0 Å². The molecule has 0 bridgehead atoms. The fraction of sp³-hybridized carbons (Fsp3) is 0.750. The molecule has 0 aliphatic carbocycles. The summed E-state index contributed by atoms with van der Waals surface area (Å²) in [5.41, 5.74) is 0. The van der Waals surface area contributed by atoms with Crippen LogP contribution in [0.15, 0.2) is 0 Å². The summed E-state index contributed by atoms with van der Waals surface area (Å²) in [6, 6.07) is 1.38. The smallest absolute Gasteiger partial charge is 0.204 e. The Morgan fingerprint density at radius 1 is 1.56 bits per heavy atom. The van der Waals surface area contributed by atoms with Gasteiger partial charge in [0.2, 0.25) is 0 Å². The molecule has 52 valence electrons. The third kappa shape index (κ3) is 2.93. The number of alkyl halides is 3. The maximum atomic E-state index is 11.4. The standard InChI is InChI=1S/C4H5F3N2/c1-9(3-2-8)4(5,6)7/h3H2,1H3. The van der Waals surface area contributed by atoms with E-state index in [0.717, 1.165) is 7.05 Å². The molecule has 0 saturated heterocycles. The van der Waals surface area contributed by atoms with Crippen molar-refractivity contribution in [3.05, 3.63) is 0 Å². The van der Waals surface area contributed by atoms with Gasteiger partial charge in [0.25, 0.3) is 0 Å². The topological polar surface area (TPSA) is 27.0 Å². The van der Waals surface area contributed by atoms with Gasteiger partial charge >= 0.3 is 6.30 Å². The van der Waals surface area contributed by atoms with Crippen molar-refractivity contribution in [1.29, 1.82) is 5.26 Å². The molecule has 0 aliphatic heterocycles. The largest absolute Gasteiger partial charge is 0.460 e. The fourth-order valence-corrected chi connectivity index (χ4v) is 0.196. The van der Waals surface area contributed by atoms with Crippen molar-refractivity contribution in [3.8, 4) is 6.07 Å². The highest BCUT2D eigenvalue weighted by Crippen LogP contribution is 2.17. The van der Waals surface area contributed by atoms with Gasteiger partial charge in [0.05, 0.1) is 12.6 Å². The summed E-state index contributed by atoms with van der Waals surface area (Å²) in [6.45, 7) is -0.622. The van der Waals surface area contributed by atoms with Crippen molar-refractivity contribution >= 4 is 0 Å². The van der Waals surface area contributed by atoms with Gasteiger partial charge in [0.1, 0.15) is 0 Å². The third-order valence-corrected chi connectivity index (χ3v) is 0.741. The molecule has 0 atom stereocenters. The summed E-state index contributed by atoms with van der Waals surface area (Å²) in [4.78, 5) is 0.00694. The van der Waals surface area contributed by atoms with E-state index in [1.165, 1.54) is 6.07 Å². The molecule has 0 spiro atoms. The van der Waals surface area contributed by atoms with E-state index < -0.39 is 12.8 Å². The Balaban J connectivity index is 3.76. The van der Waals surface area contributed by atoms with Crippen LogP contribution in [0.3, 0.4) is 0 Å². The van der Waals surface area contributed by atoms with Gasteiger partial charge < -0.3 is 0 Å². The molecule has 2 nitrogen and oxygen atoms in total. The number of nitriles is 1. The van der Waals surface area contributed by atoms with Gasteiger partial charge in [-0.3, -0.25) is 0 Å². The zero-order chi connectivity index (χ0) is 7.49. The van der Waals surface area contributed by atoms with Crippen molar-refractivity contribution in [2.75, 3.05) is 13.6 Å². The Hall–Kier alpha value is -0.760. The first-order chi connectivity index (χ1) is 3.98. The van der Waals surface area contributed by atoms with Crippen molar-refractivity contribution in [2.45, 2.75) is 6.30 Å². The Kier molecular flexibility index (Phi) is 2.46. The Labute approximate surface area is 50.5 Å². The number of hydrogen-bond donors (Lipinski definition) is 0. The second kappa shape index (κ2) is 2.69. The number of halogens is 3. The zero-order valence-corrected chi connectivity index (χ0v) is 4.74. The normalized spacial score (nSPS) is 11.6. The van der Waals surface area contributed by atoms with E-state index >= 15 is 0 Å². The summed E-state index contributed by atoms with van der Waals surface area (Å²) in [7, 11) is 0.823. The molecule has 0 aromatic carbocycles. The van der Waals surface area contributed by atoms with Gasteiger partial charge in [-0.1, -0.05) is 0 Å². The van der Waals surface area contributed by atoms with Crippen LogP contribution in [0.2, 0.25) is 0 Å². The van der Waals surface area contributed by atoms with Crippen LogP contribution in [0.4, 0.5) is 13.2 Å². The van der Waals surface area contributed by atoms with Crippen LogP contribution in [0.1, 0.15) is 0 Å². The van der Waals surface area contributed by atoms with Crippen LogP contribution in [0, 0.1) is 11.3 Å². The molecular weight excluding hydrogens is 133 g/mol. The highest BCUT2D eigenvalue weighted by Gasteiger charge is 2.33. The van der Waals surface area contributed by atoms with Gasteiger partial charge in [0.15, 0.2) is 0 Å². The van der Waals surface area contributed by atoms with Crippen molar-refractivity contribution in [2.24, 2.45) is 0 Å². The Bertz CT molecular complexity index is 123. The number of rotatable bonds is 1. The molecule has 0 amide bonds. The first-order valence-corrected chi connectivity index (χ1v) is 2.13. The number of nitrogens with zero attached hydrogens (tertiary/aromatic N) is 2. The minimum absolute atomic E-state index is 0.00694. The lowest BCUT2D eigenvalue weighted by molar-refractivity contribution is -0.232. The number of hydrogen-bond acceptors (Lipinski definition) is 2. The molecule has 0 aromatic heterocycles. The maximum absolute atomic E-state index is 11.4. The quantitative estimate of drug-likeness (QED) is 0.398. The van der Waals surface area contributed by atoms with Crippen LogP contribution in [0.5, 0.6) is 0 Å². The van der Waals surface area contributed by atoms with Gasteiger partial charge in [-0.25, -0.2) is 4.90 Å². The zero-order valence-electron chi connectivity index (χ0n) is 4.74. The Morgan fingerprint density at radius 2 is 2.00 bits per heavy atom. The molecular formula is C4H5F3N2. The lowest BCUT2D eigenvalue weighted by Gasteiger charge is -2.15. The van der Waals surface area contributed by atoms with Gasteiger partial charge in [0, 0.05) is 0 Å². The molecule has 0 radical (unpaired) electrons. The van der Waals surface area contributed by atoms with E-state index in [-0.39, 0.29) is 4.90 Å². The lowest BCUT2D eigenvalue weighted by Crippen LogP contribution is -2.34. The van der Waals surface area contributed by atoms with Crippen molar-refractivity contribution in [1.82, 2.24) is 4.90 Å². The van der Waals surface area contributed by atoms with Crippen molar-refractivity contribution < 1.29 is 13.2 Å². The van der Waals surface area contributed by atoms with Crippen molar-refractivity contribution in [3.63, 3.8) is 0 Å². The Morgan fingerprint density at radius 3 is 2.11 bits per heavy atom. The van der Waals surface area contributed by atoms with E-state index in [1.807, 2.05) is 0 Å². The molecule has 0 unspecified atom stereocenters. The highest BCUT2D eigenvalue weighted by atomic mass is 19.4. The van der Waals surface area contributed by atoms with Crippen LogP contribution < -0.4 is 0 Å². The predicted octanol–water partition coefficient (Wildman–Crippen LogP) is 0.962. The van der Waals surface area contributed by atoms with Gasteiger partial charge in [-0.15, -0.1) is 0 Å². The molecule has 0 aliphatic rings. The van der Waals surface area contributed by atoms with E-state index in [0.29, 0.717) is 0 Å². The molecule has 9 heavy (non-hydrogen) atoms. The van der Waals surface area contributed by atoms with Crippen LogP contribution in [0.25, 0.3) is 0 Å². The minimum atomic E-state index is -4.38. The first-order valence-electron chi connectivity index (χ1n) is 2.13. The molecule has 0 fully saturated rings. The minimum Gasteiger partial charge on any atom is -0.204 e. The molecule has 5 heteroatoms. The first kappa shape index (κ1) is 8.24. The molecule has 0 rings (SSSR count).